The van der Waals surface area contributed by atoms with Gasteiger partial charge < -0.3 is 0 Å². The van der Waals surface area contributed by atoms with Crippen molar-refractivity contribution in [3.63, 3.8) is 0 Å². The molecular formula is C60H122. The van der Waals surface area contributed by atoms with Gasteiger partial charge >= 0.3 is 0 Å². The van der Waals surface area contributed by atoms with E-state index in [9.17, 15) is 0 Å². The van der Waals surface area contributed by atoms with E-state index < -0.39 is 0 Å². The molecule has 0 aliphatic heterocycles. The van der Waals surface area contributed by atoms with Gasteiger partial charge in [-0.05, 0) is 81.5 Å². The highest BCUT2D eigenvalue weighted by Crippen LogP contribution is 2.29. The van der Waals surface area contributed by atoms with Crippen LogP contribution in [0.1, 0.15) is 339 Å². The van der Waals surface area contributed by atoms with Crippen LogP contribution in [0.4, 0.5) is 0 Å². The van der Waals surface area contributed by atoms with Gasteiger partial charge in [0.2, 0.25) is 0 Å². The van der Waals surface area contributed by atoms with E-state index in [1.54, 1.807) is 0 Å². The Hall–Kier alpha value is -0.520. The summed E-state index contributed by atoms with van der Waals surface area (Å²) in [5.41, 5.74) is 3.05. The van der Waals surface area contributed by atoms with Crippen LogP contribution in [0.3, 0.4) is 0 Å². The van der Waals surface area contributed by atoms with Crippen molar-refractivity contribution in [3.8, 4) is 0 Å². The van der Waals surface area contributed by atoms with Crippen molar-refractivity contribution in [2.75, 3.05) is 0 Å². The molecule has 0 saturated heterocycles. The Morgan fingerprint density at radius 2 is 0.750 bits per heavy atom. The van der Waals surface area contributed by atoms with E-state index in [4.69, 9.17) is 0 Å². The van der Waals surface area contributed by atoms with E-state index in [-0.39, 0.29) is 0 Å². The molecule has 1 aliphatic carbocycles. The second kappa shape index (κ2) is 54.6. The van der Waals surface area contributed by atoms with Gasteiger partial charge in [0.15, 0.2) is 0 Å². The molecule has 0 aromatic rings. The van der Waals surface area contributed by atoms with Crippen molar-refractivity contribution < 1.29 is 0 Å². The Balaban J connectivity index is -0.000000946. The number of allylic oxidation sites excluding steroid dienone is 2. The molecule has 1 aliphatic rings. The van der Waals surface area contributed by atoms with Crippen LogP contribution in [-0.4, -0.2) is 0 Å². The molecule has 0 bridgehead atoms. The van der Waals surface area contributed by atoms with Crippen molar-refractivity contribution in [1.29, 1.82) is 0 Å². The summed E-state index contributed by atoms with van der Waals surface area (Å²) >= 11 is 0. The monoisotopic (exact) mass is 843 g/mol. The lowest BCUT2D eigenvalue weighted by Crippen LogP contribution is -2.05. The predicted molar refractivity (Wildman–Crippen MR) is 283 cm³/mol. The lowest BCUT2D eigenvalue weighted by molar-refractivity contribution is 0.332. The molecule has 0 aromatic carbocycles. The van der Waals surface area contributed by atoms with Crippen LogP contribution >= 0.6 is 0 Å². The van der Waals surface area contributed by atoms with Crippen LogP contribution in [0, 0.1) is 23.7 Å². The lowest BCUT2D eigenvalue weighted by atomic mass is 9.85. The number of hydrogen-bond acceptors (Lipinski definition) is 0. The standard InChI is InChI=1S/C29H58.C24H46.C5H12.C2H6/c1-7-10-14-21-27(5)25-28(6)22-16-13-11-12-15-20-26(4)23-17-24-29(18-8-2)19-9-3;1-3-4-5-6-7-8-9-10-11-12-14-18-23(2)19-17-22-24-20-15-13-16-21-24;1-3-5-4-2;1-2/h27-29H,4,7-25H2,1-3,5-6H3;24H,2-22H2,1H3;3-5H2,1-2H3;1-2H3. The van der Waals surface area contributed by atoms with Crippen LogP contribution in [0.25, 0.3) is 0 Å². The quantitative estimate of drug-likeness (QED) is 0.0426. The molecule has 1 saturated carbocycles. The Labute approximate surface area is 385 Å². The summed E-state index contributed by atoms with van der Waals surface area (Å²) in [7, 11) is 0. The van der Waals surface area contributed by atoms with E-state index in [0.29, 0.717) is 0 Å². The summed E-state index contributed by atoms with van der Waals surface area (Å²) in [6, 6.07) is 0. The van der Waals surface area contributed by atoms with Gasteiger partial charge in [-0.3, -0.25) is 0 Å². The van der Waals surface area contributed by atoms with Gasteiger partial charge in [-0.15, -0.1) is 0 Å². The largest absolute Gasteiger partial charge is 0.0999 e. The van der Waals surface area contributed by atoms with Gasteiger partial charge in [-0.1, -0.05) is 305 Å². The minimum Gasteiger partial charge on any atom is -0.0999 e. The van der Waals surface area contributed by atoms with Gasteiger partial charge in [-0.25, -0.2) is 0 Å². The molecule has 2 atom stereocenters. The summed E-state index contributed by atoms with van der Waals surface area (Å²) in [6.45, 7) is 31.3. The summed E-state index contributed by atoms with van der Waals surface area (Å²) in [6.07, 6.45) is 59.4. The highest BCUT2D eigenvalue weighted by atomic mass is 14.2. The first-order chi connectivity index (χ1) is 29.3. The molecule has 0 amide bonds. The zero-order valence-corrected chi connectivity index (χ0v) is 44.4. The van der Waals surface area contributed by atoms with Crippen LogP contribution in [0.2, 0.25) is 0 Å². The van der Waals surface area contributed by atoms with Gasteiger partial charge in [0.05, 0.1) is 0 Å². The molecule has 362 valence electrons. The Morgan fingerprint density at radius 3 is 1.18 bits per heavy atom. The zero-order chi connectivity index (χ0) is 45.2. The second-order valence-electron chi connectivity index (χ2n) is 20.1. The smallest absolute Gasteiger partial charge is 0.0323 e. The average molecular weight is 844 g/mol. The highest BCUT2D eigenvalue weighted by molar-refractivity contribution is 4.94. The second-order valence-corrected chi connectivity index (χ2v) is 20.1. The molecule has 0 radical (unpaired) electrons. The van der Waals surface area contributed by atoms with Gasteiger partial charge in [0.25, 0.3) is 0 Å². The van der Waals surface area contributed by atoms with E-state index >= 15 is 0 Å². The summed E-state index contributed by atoms with van der Waals surface area (Å²) in [5.74, 6) is 3.88. The van der Waals surface area contributed by atoms with E-state index in [2.05, 4.69) is 68.5 Å². The Bertz CT molecular complexity index is 776. The first kappa shape index (κ1) is 63.8. The summed E-state index contributed by atoms with van der Waals surface area (Å²) < 4.78 is 0. The fourth-order valence-electron chi connectivity index (χ4n) is 9.71. The zero-order valence-electron chi connectivity index (χ0n) is 44.4. The van der Waals surface area contributed by atoms with Crippen LogP contribution in [0.15, 0.2) is 24.3 Å². The normalized spacial score (nSPS) is 13.7. The van der Waals surface area contributed by atoms with E-state index in [1.165, 1.54) is 281 Å². The van der Waals surface area contributed by atoms with E-state index in [0.717, 1.165) is 23.7 Å². The van der Waals surface area contributed by atoms with Crippen LogP contribution in [0.5, 0.6) is 0 Å². The van der Waals surface area contributed by atoms with Gasteiger partial charge in [0, 0.05) is 0 Å². The van der Waals surface area contributed by atoms with Crippen LogP contribution in [-0.2, 0) is 0 Å². The molecule has 1 rings (SSSR count). The third-order valence-corrected chi connectivity index (χ3v) is 13.6. The van der Waals surface area contributed by atoms with Crippen LogP contribution < -0.4 is 0 Å². The average Bonchev–Trinajstić information content (AvgIpc) is 3.24. The number of rotatable bonds is 40. The van der Waals surface area contributed by atoms with Crippen molar-refractivity contribution in [2.24, 2.45) is 23.7 Å². The fraction of sp³-hybridized carbons (Fsp3) is 0.933. The molecule has 0 heterocycles. The number of unbranched alkanes of at least 4 members (excludes halogenated alkanes) is 18. The molecule has 1 fully saturated rings. The Kier molecular flexibility index (Phi) is 58.0. The molecular weight excluding hydrogens is 721 g/mol. The third-order valence-electron chi connectivity index (χ3n) is 13.6. The van der Waals surface area contributed by atoms with Gasteiger partial charge in [-0.2, -0.15) is 0 Å². The third kappa shape index (κ3) is 51.8. The summed E-state index contributed by atoms with van der Waals surface area (Å²) in [5, 5.41) is 0. The molecule has 2 unspecified atom stereocenters. The highest BCUT2D eigenvalue weighted by Gasteiger charge is 2.13. The molecule has 60 heavy (non-hydrogen) atoms. The van der Waals surface area contributed by atoms with Crippen molar-refractivity contribution in [2.45, 2.75) is 339 Å². The summed E-state index contributed by atoms with van der Waals surface area (Å²) in [4.78, 5) is 0. The van der Waals surface area contributed by atoms with Crippen molar-refractivity contribution in [1.82, 2.24) is 0 Å². The maximum absolute atomic E-state index is 4.35. The van der Waals surface area contributed by atoms with Crippen molar-refractivity contribution in [3.05, 3.63) is 24.3 Å². The van der Waals surface area contributed by atoms with E-state index in [1.807, 2.05) is 13.8 Å². The molecule has 0 heteroatoms. The minimum absolute atomic E-state index is 0.927. The lowest BCUT2D eigenvalue weighted by Gasteiger charge is -2.21. The maximum Gasteiger partial charge on any atom is -0.0323 e. The topological polar surface area (TPSA) is 0 Å². The Morgan fingerprint density at radius 1 is 0.383 bits per heavy atom. The molecule has 0 N–H and O–H groups in total. The maximum atomic E-state index is 4.35. The molecule has 0 nitrogen and oxygen atoms in total. The first-order valence-corrected chi connectivity index (χ1v) is 28.6. The van der Waals surface area contributed by atoms with Crippen molar-refractivity contribution >= 4 is 0 Å². The predicted octanol–water partition coefficient (Wildman–Crippen LogP) is 23.1. The SMILES string of the molecule is C=C(CCCCCCCC(C)CC(C)CCCCC)CCCC(CCC)CCC.C=C(CCCCCCCCCCCCC)CCCC1CCCCC1.CC.CCCCC. The number of hydrogen-bond donors (Lipinski definition) is 0. The minimum atomic E-state index is 0.927. The molecule has 0 spiro atoms. The van der Waals surface area contributed by atoms with Gasteiger partial charge in [0.1, 0.15) is 0 Å². The fourth-order valence-corrected chi connectivity index (χ4v) is 9.71. The molecule has 0 aromatic heterocycles. The first-order valence-electron chi connectivity index (χ1n) is 28.6.